The predicted octanol–water partition coefficient (Wildman–Crippen LogP) is 3.79. The summed E-state index contributed by atoms with van der Waals surface area (Å²) < 4.78 is 5.56. The molecular formula is C19H17ClN4O3S. The van der Waals surface area contributed by atoms with E-state index in [9.17, 15) is 9.59 Å². The van der Waals surface area contributed by atoms with Crippen molar-refractivity contribution in [2.75, 3.05) is 18.1 Å². The van der Waals surface area contributed by atoms with E-state index in [1.165, 1.54) is 0 Å². The second-order valence-electron chi connectivity index (χ2n) is 5.79. The van der Waals surface area contributed by atoms with Crippen LogP contribution in [-0.4, -0.2) is 34.8 Å². The van der Waals surface area contributed by atoms with E-state index in [0.717, 1.165) is 22.9 Å². The van der Waals surface area contributed by atoms with Crippen LogP contribution in [0.5, 0.6) is 0 Å². The molecule has 144 valence electrons. The molecule has 2 amide bonds. The fourth-order valence-corrected chi connectivity index (χ4v) is 3.18. The molecule has 28 heavy (non-hydrogen) atoms. The molecule has 1 heterocycles. The van der Waals surface area contributed by atoms with Crippen LogP contribution in [0.4, 0.5) is 5.69 Å². The van der Waals surface area contributed by atoms with Crippen molar-refractivity contribution >= 4 is 40.9 Å². The summed E-state index contributed by atoms with van der Waals surface area (Å²) in [6, 6.07) is 12.3. The van der Waals surface area contributed by atoms with Crippen molar-refractivity contribution in [1.82, 2.24) is 15.5 Å². The number of hydrogen-bond acceptors (Lipinski definition) is 6. The molecule has 0 atom stereocenters. The summed E-state index contributed by atoms with van der Waals surface area (Å²) in [5, 5.41) is 14.1. The number of thioether (sulfide) groups is 1. The van der Waals surface area contributed by atoms with Crippen LogP contribution in [0.2, 0.25) is 5.02 Å². The van der Waals surface area contributed by atoms with Crippen molar-refractivity contribution in [2.45, 2.75) is 12.1 Å². The van der Waals surface area contributed by atoms with E-state index < -0.39 is 0 Å². The summed E-state index contributed by atoms with van der Waals surface area (Å²) >= 11 is 6.98. The fraction of sp³-hybridized carbons (Fsp3) is 0.158. The molecule has 7 nitrogen and oxygen atoms in total. The highest BCUT2D eigenvalue weighted by molar-refractivity contribution is 7.99. The third-order valence-electron chi connectivity index (χ3n) is 3.83. The minimum Gasteiger partial charge on any atom is -0.411 e. The molecule has 0 unspecified atom stereocenters. The van der Waals surface area contributed by atoms with Crippen LogP contribution in [-0.2, 0) is 4.79 Å². The molecule has 0 saturated carbocycles. The van der Waals surface area contributed by atoms with Gasteiger partial charge in [-0.25, -0.2) is 0 Å². The van der Waals surface area contributed by atoms with Gasteiger partial charge in [-0.1, -0.05) is 35.5 Å². The van der Waals surface area contributed by atoms with Gasteiger partial charge in [0.15, 0.2) is 0 Å². The highest BCUT2D eigenvalue weighted by Crippen LogP contribution is 2.25. The highest BCUT2D eigenvalue weighted by Gasteiger charge is 2.16. The number of aryl methyl sites for hydroxylation is 1. The Morgan fingerprint density at radius 3 is 2.61 bits per heavy atom. The Bertz CT molecular complexity index is 1000. The predicted molar refractivity (Wildman–Crippen MR) is 109 cm³/mol. The molecule has 2 aromatic carbocycles. The molecule has 0 aliphatic heterocycles. The van der Waals surface area contributed by atoms with Crippen molar-refractivity contribution in [3.05, 3.63) is 58.6 Å². The fourth-order valence-electron chi connectivity index (χ4n) is 2.49. The Balaban J connectivity index is 1.63. The number of hydrogen-bond donors (Lipinski definition) is 2. The highest BCUT2D eigenvalue weighted by atomic mass is 35.5. The van der Waals surface area contributed by atoms with Gasteiger partial charge in [-0.05, 0) is 42.8 Å². The third kappa shape index (κ3) is 4.71. The lowest BCUT2D eigenvalue weighted by molar-refractivity contribution is -0.113. The molecular weight excluding hydrogens is 400 g/mol. The van der Waals surface area contributed by atoms with Gasteiger partial charge in [-0.2, -0.15) is 0 Å². The summed E-state index contributed by atoms with van der Waals surface area (Å²) in [4.78, 5) is 24.4. The molecule has 0 radical (unpaired) electrons. The summed E-state index contributed by atoms with van der Waals surface area (Å²) in [6.07, 6.45) is 0. The van der Waals surface area contributed by atoms with Crippen molar-refractivity contribution in [3.8, 4) is 11.5 Å². The lowest BCUT2D eigenvalue weighted by atomic mass is 10.1. The van der Waals surface area contributed by atoms with Gasteiger partial charge in [0.2, 0.25) is 11.8 Å². The Labute approximate surface area is 170 Å². The summed E-state index contributed by atoms with van der Waals surface area (Å²) in [5.41, 5.74) is 2.40. The molecule has 1 aromatic heterocycles. The smallest absolute Gasteiger partial charge is 0.277 e. The third-order valence-corrected chi connectivity index (χ3v) is 4.90. The molecule has 0 spiro atoms. The van der Waals surface area contributed by atoms with Crippen LogP contribution >= 0.6 is 23.4 Å². The van der Waals surface area contributed by atoms with E-state index in [4.69, 9.17) is 16.0 Å². The van der Waals surface area contributed by atoms with E-state index in [0.29, 0.717) is 22.2 Å². The molecule has 0 fully saturated rings. The first-order valence-corrected chi connectivity index (χ1v) is 9.68. The van der Waals surface area contributed by atoms with Crippen molar-refractivity contribution in [3.63, 3.8) is 0 Å². The van der Waals surface area contributed by atoms with Gasteiger partial charge in [0.25, 0.3) is 11.1 Å². The van der Waals surface area contributed by atoms with Gasteiger partial charge < -0.3 is 15.1 Å². The number of halogens is 1. The van der Waals surface area contributed by atoms with Crippen LogP contribution in [0.15, 0.2) is 52.1 Å². The summed E-state index contributed by atoms with van der Waals surface area (Å²) in [6.45, 7) is 1.81. The minimum absolute atomic E-state index is 0.0589. The van der Waals surface area contributed by atoms with Gasteiger partial charge in [0, 0.05) is 17.6 Å². The van der Waals surface area contributed by atoms with Crippen molar-refractivity contribution in [1.29, 1.82) is 0 Å². The van der Waals surface area contributed by atoms with E-state index in [2.05, 4.69) is 20.8 Å². The summed E-state index contributed by atoms with van der Waals surface area (Å²) in [5.74, 6) is -0.138. The first-order chi connectivity index (χ1) is 13.5. The number of anilines is 1. The number of carbonyl (C=O) groups excluding carboxylic acids is 2. The number of carbonyl (C=O) groups is 2. The first kappa shape index (κ1) is 19.9. The van der Waals surface area contributed by atoms with Crippen LogP contribution in [0.1, 0.15) is 15.9 Å². The van der Waals surface area contributed by atoms with Crippen LogP contribution in [0.25, 0.3) is 11.5 Å². The van der Waals surface area contributed by atoms with Gasteiger partial charge in [-0.3, -0.25) is 9.59 Å². The largest absolute Gasteiger partial charge is 0.411 e. The van der Waals surface area contributed by atoms with Crippen LogP contribution in [0, 0.1) is 6.92 Å². The molecule has 0 bridgehead atoms. The summed E-state index contributed by atoms with van der Waals surface area (Å²) in [7, 11) is 1.55. The van der Waals surface area contributed by atoms with E-state index in [-0.39, 0.29) is 22.8 Å². The monoisotopic (exact) mass is 416 g/mol. The van der Waals surface area contributed by atoms with Crippen molar-refractivity contribution in [2.24, 2.45) is 0 Å². The van der Waals surface area contributed by atoms with E-state index in [1.54, 1.807) is 43.4 Å². The molecule has 3 rings (SSSR count). The Morgan fingerprint density at radius 2 is 1.89 bits per heavy atom. The number of aromatic nitrogens is 2. The quantitative estimate of drug-likeness (QED) is 0.593. The van der Waals surface area contributed by atoms with Crippen molar-refractivity contribution < 1.29 is 14.0 Å². The van der Waals surface area contributed by atoms with Crippen LogP contribution in [0.3, 0.4) is 0 Å². The standard InChI is InChI=1S/C19H17ClN4O3S/c1-11-4-3-5-14(16(11)17(26)21-2)22-15(25)10-28-19-24-23-18(27-19)12-6-8-13(20)9-7-12/h3-9H,10H2,1-2H3,(H,21,26)(H,22,25). The number of nitrogens with one attached hydrogen (secondary N) is 2. The maximum atomic E-state index is 12.3. The zero-order valence-electron chi connectivity index (χ0n) is 15.2. The average molecular weight is 417 g/mol. The normalized spacial score (nSPS) is 10.5. The Morgan fingerprint density at radius 1 is 1.14 bits per heavy atom. The second-order valence-corrected chi connectivity index (χ2v) is 7.16. The molecule has 2 N–H and O–H groups in total. The van der Waals surface area contributed by atoms with Gasteiger partial charge in [0.05, 0.1) is 17.0 Å². The Kier molecular flexibility index (Phi) is 6.33. The van der Waals surface area contributed by atoms with Gasteiger partial charge in [-0.15, -0.1) is 10.2 Å². The number of benzene rings is 2. The zero-order valence-corrected chi connectivity index (χ0v) is 16.7. The zero-order chi connectivity index (χ0) is 20.1. The average Bonchev–Trinajstić information content (AvgIpc) is 3.15. The minimum atomic E-state index is -0.285. The van der Waals surface area contributed by atoms with Gasteiger partial charge in [0.1, 0.15) is 0 Å². The lowest BCUT2D eigenvalue weighted by Crippen LogP contribution is -2.23. The molecule has 0 saturated heterocycles. The lowest BCUT2D eigenvalue weighted by Gasteiger charge is -2.12. The Hall–Kier alpha value is -2.84. The topological polar surface area (TPSA) is 97.1 Å². The number of amides is 2. The maximum Gasteiger partial charge on any atom is 0.277 e. The van der Waals surface area contributed by atoms with Gasteiger partial charge >= 0.3 is 0 Å². The molecule has 9 heteroatoms. The molecule has 0 aliphatic carbocycles. The maximum absolute atomic E-state index is 12.3. The number of rotatable bonds is 6. The number of nitrogens with zero attached hydrogens (tertiary/aromatic N) is 2. The first-order valence-electron chi connectivity index (χ1n) is 8.31. The van der Waals surface area contributed by atoms with E-state index >= 15 is 0 Å². The van der Waals surface area contributed by atoms with E-state index in [1.807, 2.05) is 13.0 Å². The van der Waals surface area contributed by atoms with Crippen LogP contribution < -0.4 is 10.6 Å². The second kappa shape index (κ2) is 8.90. The molecule has 0 aliphatic rings. The molecule has 3 aromatic rings. The SMILES string of the molecule is CNC(=O)c1c(C)cccc1NC(=O)CSc1nnc(-c2ccc(Cl)cc2)o1.